The van der Waals surface area contributed by atoms with Crippen LogP contribution >= 0.6 is 23.3 Å². The lowest BCUT2D eigenvalue weighted by molar-refractivity contribution is -0.123. The molecule has 1 aliphatic heterocycles. The summed E-state index contributed by atoms with van der Waals surface area (Å²) in [5.74, 6) is -1.90. The number of nitrogens with zero attached hydrogens (tertiary/aromatic N) is 1. The summed E-state index contributed by atoms with van der Waals surface area (Å²) >= 11 is 3.41. The van der Waals surface area contributed by atoms with E-state index in [1.807, 2.05) is 24.3 Å². The van der Waals surface area contributed by atoms with E-state index in [-0.39, 0.29) is 37.3 Å². The second kappa shape index (κ2) is 12.6. The van der Waals surface area contributed by atoms with E-state index in [4.69, 9.17) is 14.0 Å². The van der Waals surface area contributed by atoms with Crippen LogP contribution in [0.3, 0.4) is 0 Å². The maximum atomic E-state index is 14.5. The van der Waals surface area contributed by atoms with Crippen molar-refractivity contribution in [3.05, 3.63) is 69.7 Å². The molecule has 2 fully saturated rings. The zero-order chi connectivity index (χ0) is 30.0. The van der Waals surface area contributed by atoms with E-state index in [2.05, 4.69) is 15.9 Å². The highest BCUT2D eigenvalue weighted by molar-refractivity contribution is 9.10. The first kappa shape index (κ1) is 31.8. The number of likely N-dealkylation sites (tertiary alicyclic amines) is 1. The largest absolute Gasteiger partial charge is 0.444 e. The number of rotatable bonds is 11. The van der Waals surface area contributed by atoms with Crippen LogP contribution in [-0.2, 0) is 36.1 Å². The number of halogens is 3. The number of Topliss-reactive ketones (excluding diaryl/α,β-unsaturated/α-hetero) is 1. The van der Waals surface area contributed by atoms with Gasteiger partial charge in [-0.25, -0.2) is 13.6 Å². The summed E-state index contributed by atoms with van der Waals surface area (Å²) in [6.07, 6.45) is -0.511. The number of benzene rings is 2. The maximum Gasteiger partial charge on any atom is 0.410 e. The van der Waals surface area contributed by atoms with Crippen molar-refractivity contribution >= 4 is 35.2 Å². The molecule has 1 saturated heterocycles. The Morgan fingerprint density at radius 2 is 1.73 bits per heavy atom. The molecule has 0 bridgehead atoms. The third-order valence-electron chi connectivity index (χ3n) is 7.48. The predicted molar refractivity (Wildman–Crippen MR) is 155 cm³/mol. The van der Waals surface area contributed by atoms with E-state index in [1.54, 1.807) is 27.7 Å². The molecule has 0 radical (unpaired) electrons. The molecular formula is C30H37BrF2NO6P. The smallest absolute Gasteiger partial charge is 0.410 e. The highest BCUT2D eigenvalue weighted by Crippen LogP contribution is 2.73. The van der Waals surface area contributed by atoms with Crippen molar-refractivity contribution in [1.29, 1.82) is 0 Å². The van der Waals surface area contributed by atoms with Crippen LogP contribution in [0, 0.1) is 11.6 Å². The van der Waals surface area contributed by atoms with Gasteiger partial charge in [0, 0.05) is 22.9 Å². The van der Waals surface area contributed by atoms with Gasteiger partial charge in [0.25, 0.3) is 0 Å². The number of carbonyl (C=O) groups excluding carboxylic acids is 2. The fourth-order valence-electron chi connectivity index (χ4n) is 5.22. The lowest BCUT2D eigenvalue weighted by Crippen LogP contribution is -2.44. The first-order valence-corrected chi connectivity index (χ1v) is 16.4. The molecule has 1 heterocycles. The van der Waals surface area contributed by atoms with Gasteiger partial charge in [0.15, 0.2) is 5.78 Å². The Kier molecular flexibility index (Phi) is 9.79. The zero-order valence-corrected chi connectivity index (χ0v) is 26.3. The molecule has 1 aliphatic carbocycles. The van der Waals surface area contributed by atoms with Gasteiger partial charge >= 0.3 is 6.09 Å². The van der Waals surface area contributed by atoms with Crippen LogP contribution < -0.4 is 0 Å². The highest BCUT2D eigenvalue weighted by atomic mass is 79.9. The lowest BCUT2D eigenvalue weighted by atomic mass is 10.0. The quantitative estimate of drug-likeness (QED) is 0.232. The molecule has 2 aromatic rings. The van der Waals surface area contributed by atoms with Crippen LogP contribution in [0.25, 0.3) is 0 Å². The molecule has 2 aromatic carbocycles. The van der Waals surface area contributed by atoms with E-state index in [0.29, 0.717) is 19.4 Å². The summed E-state index contributed by atoms with van der Waals surface area (Å²) in [6.45, 7) is 7.45. The van der Waals surface area contributed by atoms with Crippen LogP contribution in [-0.4, -0.2) is 52.8 Å². The lowest BCUT2D eigenvalue weighted by Gasteiger charge is -2.30. The molecule has 0 aromatic heterocycles. The fourth-order valence-corrected chi connectivity index (χ4v) is 8.51. The van der Waals surface area contributed by atoms with Gasteiger partial charge in [0.05, 0.1) is 43.2 Å². The third kappa shape index (κ3) is 7.64. The highest BCUT2D eigenvalue weighted by Gasteiger charge is 2.60. The van der Waals surface area contributed by atoms with Gasteiger partial charge in [0.1, 0.15) is 17.2 Å². The first-order chi connectivity index (χ1) is 19.3. The van der Waals surface area contributed by atoms with E-state index < -0.39 is 54.2 Å². The molecule has 1 amide bonds. The molecule has 7 nitrogen and oxygen atoms in total. The molecule has 0 spiro atoms. The van der Waals surface area contributed by atoms with Gasteiger partial charge in [0.2, 0.25) is 7.37 Å². The molecule has 11 heteroatoms. The van der Waals surface area contributed by atoms with Crippen LogP contribution in [0.4, 0.5) is 13.6 Å². The first-order valence-electron chi connectivity index (χ1n) is 13.8. The van der Waals surface area contributed by atoms with Crippen LogP contribution in [0.5, 0.6) is 0 Å². The molecule has 4 rings (SSSR count). The van der Waals surface area contributed by atoms with Crippen molar-refractivity contribution in [2.75, 3.05) is 13.2 Å². The van der Waals surface area contributed by atoms with E-state index >= 15 is 0 Å². The third-order valence-corrected chi connectivity index (χ3v) is 11.5. The van der Waals surface area contributed by atoms with Crippen molar-refractivity contribution in [2.24, 2.45) is 0 Å². The van der Waals surface area contributed by atoms with Crippen molar-refractivity contribution in [3.63, 3.8) is 0 Å². The van der Waals surface area contributed by atoms with Crippen LogP contribution in [0.15, 0.2) is 46.9 Å². The molecular weight excluding hydrogens is 619 g/mol. The Bertz CT molecular complexity index is 1290. The van der Waals surface area contributed by atoms with Crippen LogP contribution in [0.1, 0.15) is 64.5 Å². The van der Waals surface area contributed by atoms with Gasteiger partial charge < -0.3 is 14.0 Å². The Hall–Kier alpha value is -2.13. The second-order valence-electron chi connectivity index (χ2n) is 11.8. The monoisotopic (exact) mass is 655 g/mol. The summed E-state index contributed by atoms with van der Waals surface area (Å²) in [7, 11) is -3.70. The van der Waals surface area contributed by atoms with Gasteiger partial charge in [-0.15, -0.1) is 0 Å². The van der Waals surface area contributed by atoms with E-state index in [0.717, 1.165) is 22.2 Å². The molecule has 1 unspecified atom stereocenters. The average Bonchev–Trinajstić information content (AvgIpc) is 3.55. The Morgan fingerprint density at radius 1 is 1.10 bits per heavy atom. The van der Waals surface area contributed by atoms with Crippen molar-refractivity contribution < 1.29 is 36.9 Å². The zero-order valence-electron chi connectivity index (χ0n) is 23.8. The number of ether oxygens (including phenoxy) is 2. The van der Waals surface area contributed by atoms with Gasteiger partial charge in [-0.1, -0.05) is 34.1 Å². The predicted octanol–water partition coefficient (Wildman–Crippen LogP) is 7.63. The van der Waals surface area contributed by atoms with Gasteiger partial charge in [-0.3, -0.25) is 14.3 Å². The fraction of sp³-hybridized carbons (Fsp3) is 0.533. The number of hydrogen-bond acceptors (Lipinski definition) is 6. The minimum atomic E-state index is -3.70. The van der Waals surface area contributed by atoms with Crippen molar-refractivity contribution in [2.45, 2.75) is 89.0 Å². The number of carbonyl (C=O) groups is 2. The summed E-state index contributed by atoms with van der Waals surface area (Å²) in [5.41, 5.74) is -0.129. The summed E-state index contributed by atoms with van der Waals surface area (Å²) < 4.78 is 61.6. The molecule has 224 valence electrons. The Labute approximate surface area is 248 Å². The Balaban J connectivity index is 1.53. The summed E-state index contributed by atoms with van der Waals surface area (Å²) in [5, 5.41) is -1.04. The minimum Gasteiger partial charge on any atom is -0.444 e. The molecule has 1 saturated carbocycles. The SMILES string of the molecule is CCOP(=O)(Cc1c(F)cccc1F)C1(CC(=O)[C@@H]2C[C@H](OCc3ccc(Br)cc3)CN2C(=O)OC(C)(C)C)CC1. The summed E-state index contributed by atoms with van der Waals surface area (Å²) in [4.78, 5) is 28.4. The Morgan fingerprint density at radius 3 is 2.29 bits per heavy atom. The normalized spacial score (nSPS) is 21.4. The molecule has 2 aliphatic rings. The van der Waals surface area contributed by atoms with Gasteiger partial charge in [-0.05, 0) is 70.4 Å². The van der Waals surface area contributed by atoms with E-state index in [1.165, 1.54) is 11.0 Å². The van der Waals surface area contributed by atoms with Crippen molar-refractivity contribution in [1.82, 2.24) is 4.90 Å². The standard InChI is InChI=1S/C30H37BrF2NO6P/c1-5-39-41(37,19-23-24(32)7-6-8-25(23)33)30(13-14-30)16-27(35)26-15-22(17-34(26)28(36)40-29(2,3)4)38-18-20-9-11-21(31)12-10-20/h6-12,22,26H,5,13-19H2,1-4H3/t22-,26-,41?/m0/s1. The topological polar surface area (TPSA) is 82.1 Å². The molecule has 3 atom stereocenters. The average molecular weight is 657 g/mol. The van der Waals surface area contributed by atoms with Crippen molar-refractivity contribution in [3.8, 4) is 0 Å². The number of amides is 1. The van der Waals surface area contributed by atoms with Gasteiger partial charge in [-0.2, -0.15) is 0 Å². The number of hydrogen-bond donors (Lipinski definition) is 0. The number of ketones is 1. The molecule has 41 heavy (non-hydrogen) atoms. The molecule has 0 N–H and O–H groups in total. The second-order valence-corrected chi connectivity index (χ2v) is 15.5. The minimum absolute atomic E-state index is 0.0721. The van der Waals surface area contributed by atoms with E-state index in [9.17, 15) is 22.9 Å². The summed E-state index contributed by atoms with van der Waals surface area (Å²) in [6, 6.07) is 10.3. The maximum absolute atomic E-state index is 14.5. The van der Waals surface area contributed by atoms with Crippen LogP contribution in [0.2, 0.25) is 0 Å².